The van der Waals surface area contributed by atoms with Crippen LogP contribution in [0, 0.1) is 6.92 Å². The van der Waals surface area contributed by atoms with Crippen LogP contribution in [0.3, 0.4) is 0 Å². The molecule has 5 nitrogen and oxygen atoms in total. The topological polar surface area (TPSA) is 79.3 Å². The van der Waals surface area contributed by atoms with Crippen molar-refractivity contribution in [2.75, 3.05) is 5.32 Å². The van der Waals surface area contributed by atoms with E-state index < -0.39 is 5.97 Å². The lowest BCUT2D eigenvalue weighted by atomic mass is 10.1. The van der Waals surface area contributed by atoms with Crippen LogP contribution >= 0.6 is 11.3 Å². The van der Waals surface area contributed by atoms with Gasteiger partial charge in [-0.2, -0.15) is 0 Å². The van der Waals surface area contributed by atoms with Gasteiger partial charge in [0.2, 0.25) is 0 Å². The molecule has 0 spiro atoms. The van der Waals surface area contributed by atoms with E-state index in [1.165, 1.54) is 17.5 Å². The Morgan fingerprint density at radius 3 is 2.86 bits per heavy atom. The zero-order chi connectivity index (χ0) is 15.0. The number of anilines is 1. The molecule has 3 rings (SSSR count). The van der Waals surface area contributed by atoms with Crippen molar-refractivity contribution in [2.24, 2.45) is 0 Å². The fourth-order valence-electron chi connectivity index (χ4n) is 2.57. The van der Waals surface area contributed by atoms with Gasteiger partial charge in [-0.25, -0.2) is 4.79 Å². The SMILES string of the molecule is Cc1cncc(C(=O)Nc2sc3c(c2C(=O)O)CCC3)c1. The highest BCUT2D eigenvalue weighted by atomic mass is 32.1. The number of nitrogens with one attached hydrogen (secondary N) is 1. The van der Waals surface area contributed by atoms with Crippen molar-refractivity contribution in [3.63, 3.8) is 0 Å². The summed E-state index contributed by atoms with van der Waals surface area (Å²) in [5.41, 5.74) is 2.45. The molecular formula is C15H14N2O3S. The maximum absolute atomic E-state index is 12.2. The van der Waals surface area contributed by atoms with Crippen LogP contribution in [0.15, 0.2) is 18.5 Å². The molecule has 0 saturated heterocycles. The van der Waals surface area contributed by atoms with Gasteiger partial charge in [-0.3, -0.25) is 9.78 Å². The number of carbonyl (C=O) groups excluding carboxylic acids is 1. The average molecular weight is 302 g/mol. The van der Waals surface area contributed by atoms with E-state index in [1.807, 2.05) is 6.92 Å². The standard InChI is InChI=1S/C15H14N2O3S/c1-8-5-9(7-16-6-8)13(18)17-14-12(15(19)20)10-3-2-4-11(10)21-14/h5-7H,2-4H2,1H3,(H,17,18)(H,19,20). The molecule has 0 radical (unpaired) electrons. The Labute approximate surface area is 125 Å². The third kappa shape index (κ3) is 2.54. The number of hydrogen-bond donors (Lipinski definition) is 2. The molecule has 2 N–H and O–H groups in total. The van der Waals surface area contributed by atoms with Crippen LogP contribution in [0.25, 0.3) is 0 Å². The van der Waals surface area contributed by atoms with E-state index in [-0.39, 0.29) is 11.5 Å². The van der Waals surface area contributed by atoms with E-state index in [2.05, 4.69) is 10.3 Å². The predicted octanol–water partition coefficient (Wildman–Crippen LogP) is 2.89. The molecule has 1 aliphatic carbocycles. The molecule has 0 fully saturated rings. The number of amides is 1. The molecule has 2 aromatic rings. The lowest BCUT2D eigenvalue weighted by Crippen LogP contribution is -2.14. The summed E-state index contributed by atoms with van der Waals surface area (Å²) < 4.78 is 0. The van der Waals surface area contributed by atoms with Gasteiger partial charge in [-0.15, -0.1) is 11.3 Å². The van der Waals surface area contributed by atoms with E-state index in [9.17, 15) is 14.7 Å². The summed E-state index contributed by atoms with van der Waals surface area (Å²) in [5.74, 6) is -1.30. The van der Waals surface area contributed by atoms with Gasteiger partial charge in [-0.1, -0.05) is 0 Å². The summed E-state index contributed by atoms with van der Waals surface area (Å²) in [6, 6.07) is 1.73. The Balaban J connectivity index is 1.92. The van der Waals surface area contributed by atoms with Gasteiger partial charge in [0, 0.05) is 17.3 Å². The summed E-state index contributed by atoms with van der Waals surface area (Å²) in [4.78, 5) is 28.7. The van der Waals surface area contributed by atoms with Crippen LogP contribution < -0.4 is 5.32 Å². The second kappa shape index (κ2) is 5.29. The number of carboxylic acid groups (broad SMARTS) is 1. The van der Waals surface area contributed by atoms with Crippen LogP contribution in [0.5, 0.6) is 0 Å². The third-order valence-electron chi connectivity index (χ3n) is 3.50. The Morgan fingerprint density at radius 1 is 1.33 bits per heavy atom. The van der Waals surface area contributed by atoms with Crippen molar-refractivity contribution < 1.29 is 14.7 Å². The van der Waals surface area contributed by atoms with Crippen molar-refractivity contribution in [2.45, 2.75) is 26.2 Å². The van der Waals surface area contributed by atoms with Crippen molar-refractivity contribution in [3.05, 3.63) is 45.6 Å². The van der Waals surface area contributed by atoms with E-state index in [1.54, 1.807) is 12.3 Å². The minimum atomic E-state index is -0.980. The summed E-state index contributed by atoms with van der Waals surface area (Å²) >= 11 is 1.37. The second-order valence-electron chi connectivity index (χ2n) is 5.07. The van der Waals surface area contributed by atoms with Crippen LogP contribution in [-0.4, -0.2) is 22.0 Å². The number of hydrogen-bond acceptors (Lipinski definition) is 4. The minimum absolute atomic E-state index is 0.251. The van der Waals surface area contributed by atoms with E-state index in [0.29, 0.717) is 10.6 Å². The summed E-state index contributed by atoms with van der Waals surface area (Å²) in [7, 11) is 0. The highest BCUT2D eigenvalue weighted by Crippen LogP contribution is 2.39. The number of thiophene rings is 1. The number of rotatable bonds is 3. The largest absolute Gasteiger partial charge is 0.478 e. The second-order valence-corrected chi connectivity index (χ2v) is 6.18. The van der Waals surface area contributed by atoms with Gasteiger partial charge in [-0.05, 0) is 43.4 Å². The number of carboxylic acids is 1. The van der Waals surface area contributed by atoms with E-state index in [4.69, 9.17) is 0 Å². The van der Waals surface area contributed by atoms with Gasteiger partial charge < -0.3 is 10.4 Å². The average Bonchev–Trinajstić information content (AvgIpc) is 2.98. The molecule has 1 aliphatic rings. The number of pyridine rings is 1. The first-order valence-corrected chi connectivity index (χ1v) is 7.48. The summed E-state index contributed by atoms with van der Waals surface area (Å²) in [6.07, 6.45) is 5.79. The molecule has 21 heavy (non-hydrogen) atoms. The number of nitrogens with zero attached hydrogens (tertiary/aromatic N) is 1. The molecule has 0 atom stereocenters. The van der Waals surface area contributed by atoms with Gasteiger partial charge >= 0.3 is 5.97 Å². The third-order valence-corrected chi connectivity index (χ3v) is 4.71. The maximum atomic E-state index is 12.2. The van der Waals surface area contributed by atoms with Gasteiger partial charge in [0.25, 0.3) is 5.91 Å². The molecule has 108 valence electrons. The molecular weight excluding hydrogens is 288 g/mol. The lowest BCUT2D eigenvalue weighted by Gasteiger charge is -2.05. The smallest absolute Gasteiger partial charge is 0.339 e. The van der Waals surface area contributed by atoms with Gasteiger partial charge in [0.15, 0.2) is 0 Å². The molecule has 0 aromatic carbocycles. The van der Waals surface area contributed by atoms with Crippen molar-refractivity contribution >= 4 is 28.2 Å². The number of aromatic carboxylic acids is 1. The molecule has 1 amide bonds. The Morgan fingerprint density at radius 2 is 2.14 bits per heavy atom. The van der Waals surface area contributed by atoms with Crippen LogP contribution in [0.4, 0.5) is 5.00 Å². The summed E-state index contributed by atoms with van der Waals surface area (Å²) in [5, 5.41) is 12.5. The molecule has 2 aromatic heterocycles. The predicted molar refractivity (Wildman–Crippen MR) is 80.2 cm³/mol. The zero-order valence-electron chi connectivity index (χ0n) is 11.5. The normalized spacial score (nSPS) is 13.0. The molecule has 0 unspecified atom stereocenters. The van der Waals surface area contributed by atoms with E-state index in [0.717, 1.165) is 35.3 Å². The quantitative estimate of drug-likeness (QED) is 0.913. The van der Waals surface area contributed by atoms with Gasteiger partial charge in [0.05, 0.1) is 11.1 Å². The summed E-state index contributed by atoms with van der Waals surface area (Å²) in [6.45, 7) is 1.85. The molecule has 0 bridgehead atoms. The van der Waals surface area contributed by atoms with Gasteiger partial charge in [0.1, 0.15) is 5.00 Å². The fraction of sp³-hybridized carbons (Fsp3) is 0.267. The number of fused-ring (bicyclic) bond motifs is 1. The van der Waals surface area contributed by atoms with Crippen LogP contribution in [-0.2, 0) is 12.8 Å². The number of carbonyl (C=O) groups is 2. The Hall–Kier alpha value is -2.21. The first kappa shape index (κ1) is 13.8. The highest BCUT2D eigenvalue weighted by Gasteiger charge is 2.27. The first-order valence-electron chi connectivity index (χ1n) is 6.67. The molecule has 6 heteroatoms. The first-order chi connectivity index (χ1) is 10.1. The van der Waals surface area contributed by atoms with Crippen LogP contribution in [0.1, 0.15) is 43.1 Å². The molecule has 2 heterocycles. The fourth-order valence-corrected chi connectivity index (χ4v) is 3.85. The molecule has 0 aliphatic heterocycles. The van der Waals surface area contributed by atoms with Crippen molar-refractivity contribution in [1.82, 2.24) is 4.98 Å². The number of aromatic nitrogens is 1. The zero-order valence-corrected chi connectivity index (χ0v) is 12.3. The highest BCUT2D eigenvalue weighted by molar-refractivity contribution is 7.17. The monoisotopic (exact) mass is 302 g/mol. The van der Waals surface area contributed by atoms with Crippen molar-refractivity contribution in [1.29, 1.82) is 0 Å². The molecule has 0 saturated carbocycles. The Bertz CT molecular complexity index is 737. The lowest BCUT2D eigenvalue weighted by molar-refractivity contribution is 0.0697. The minimum Gasteiger partial charge on any atom is -0.478 e. The van der Waals surface area contributed by atoms with Crippen LogP contribution in [0.2, 0.25) is 0 Å². The Kier molecular flexibility index (Phi) is 3.47. The number of aryl methyl sites for hydroxylation is 2. The van der Waals surface area contributed by atoms with Crippen molar-refractivity contribution in [3.8, 4) is 0 Å². The maximum Gasteiger partial charge on any atom is 0.339 e. The van der Waals surface area contributed by atoms with E-state index >= 15 is 0 Å².